The predicted molar refractivity (Wildman–Crippen MR) is 127 cm³/mol. The van der Waals surface area contributed by atoms with Crippen LogP contribution < -0.4 is 0 Å². The van der Waals surface area contributed by atoms with Crippen molar-refractivity contribution >= 4 is 39.7 Å². The van der Waals surface area contributed by atoms with Gasteiger partial charge in [-0.3, -0.25) is 0 Å². The molecule has 0 amide bonds. The van der Waals surface area contributed by atoms with Gasteiger partial charge in [-0.15, -0.1) is 19.7 Å². The van der Waals surface area contributed by atoms with E-state index < -0.39 is 45.5 Å². The van der Waals surface area contributed by atoms with Crippen molar-refractivity contribution in [1.29, 1.82) is 0 Å². The summed E-state index contributed by atoms with van der Waals surface area (Å²) in [5.74, 6) is -0.478. The van der Waals surface area contributed by atoms with Crippen LogP contribution in [0.15, 0.2) is 49.0 Å². The maximum atomic E-state index is 12.4. The Kier molecular flexibility index (Phi) is 9.98. The van der Waals surface area contributed by atoms with E-state index in [0.717, 1.165) is 0 Å². The van der Waals surface area contributed by atoms with Gasteiger partial charge in [-0.1, -0.05) is 30.6 Å². The Morgan fingerprint density at radius 3 is 1.39 bits per heavy atom. The molecule has 0 aliphatic rings. The van der Waals surface area contributed by atoms with Crippen molar-refractivity contribution in [1.82, 2.24) is 0 Å². The van der Waals surface area contributed by atoms with E-state index >= 15 is 0 Å². The van der Waals surface area contributed by atoms with E-state index in [4.69, 9.17) is 17.1 Å². The molecule has 0 spiro atoms. The van der Waals surface area contributed by atoms with Crippen molar-refractivity contribution in [3.8, 4) is 0 Å². The Morgan fingerprint density at radius 1 is 0.857 bits per heavy atom. The number of hydrogen-bond donors (Lipinski definition) is 0. The van der Waals surface area contributed by atoms with Crippen LogP contribution in [0.25, 0.3) is 0 Å². The van der Waals surface area contributed by atoms with E-state index in [1.807, 2.05) is 63.3 Å². The molecule has 0 aliphatic heterocycles. The minimum absolute atomic E-state index is 0.321. The highest BCUT2D eigenvalue weighted by molar-refractivity contribution is 6.94. The van der Waals surface area contributed by atoms with E-state index in [1.54, 1.807) is 6.92 Å². The number of ether oxygens (including phenoxy) is 1. The summed E-state index contributed by atoms with van der Waals surface area (Å²) in [6.45, 7) is 31.2. The Balaban J connectivity index is 6.58. The molecule has 0 fully saturated rings. The zero-order valence-corrected chi connectivity index (χ0v) is 22.9. The second-order valence-electron chi connectivity index (χ2n) is 8.41. The summed E-state index contributed by atoms with van der Waals surface area (Å²) >= 11 is 0. The molecule has 0 N–H and O–H groups in total. The zero-order chi connectivity index (χ0) is 22.4. The van der Waals surface area contributed by atoms with E-state index in [2.05, 4.69) is 26.3 Å². The van der Waals surface area contributed by atoms with E-state index in [9.17, 15) is 4.79 Å². The summed E-state index contributed by atoms with van der Waals surface area (Å²) in [6.07, 6.45) is 0.496. The van der Waals surface area contributed by atoms with Crippen molar-refractivity contribution in [3.63, 3.8) is 0 Å². The van der Waals surface area contributed by atoms with Gasteiger partial charge in [-0.2, -0.15) is 0 Å². The molecule has 0 aliphatic carbocycles. The second-order valence-corrected chi connectivity index (χ2v) is 23.6. The van der Waals surface area contributed by atoms with Crippen LogP contribution in [0.1, 0.15) is 20.3 Å². The van der Waals surface area contributed by atoms with Gasteiger partial charge in [0.25, 0.3) is 0 Å². The van der Waals surface area contributed by atoms with Crippen LogP contribution in [-0.2, 0) is 21.9 Å². The first-order valence-electron chi connectivity index (χ1n) is 9.47. The summed E-state index contributed by atoms with van der Waals surface area (Å²) in [7, 11) is -10.6. The van der Waals surface area contributed by atoms with Gasteiger partial charge in [0.05, 0.1) is 0 Å². The van der Waals surface area contributed by atoms with Crippen molar-refractivity contribution in [2.24, 2.45) is 0 Å². The molecule has 0 aromatic carbocycles. The zero-order valence-electron chi connectivity index (χ0n) is 18.9. The Bertz CT molecular complexity index is 558. The highest BCUT2D eigenvalue weighted by atomic mass is 28.5. The first kappa shape index (κ1) is 27.2. The molecule has 28 heavy (non-hydrogen) atoms. The maximum Gasteiger partial charge on any atom is 0.513 e. The van der Waals surface area contributed by atoms with Crippen LogP contribution in [-0.4, -0.2) is 45.5 Å². The lowest BCUT2D eigenvalue weighted by Gasteiger charge is -2.45. The molecule has 160 valence electrons. The summed E-state index contributed by atoms with van der Waals surface area (Å²) in [5.41, 5.74) is 5.17. The minimum atomic E-state index is -3.52. The van der Waals surface area contributed by atoms with Crippen LogP contribution in [0.2, 0.25) is 39.3 Å². The van der Waals surface area contributed by atoms with Gasteiger partial charge in [0.2, 0.25) is 25.0 Å². The lowest BCUT2D eigenvalue weighted by molar-refractivity contribution is -0.143. The molecule has 0 rings (SSSR count). The second kappa shape index (κ2) is 10.3. The third-order valence-electron chi connectivity index (χ3n) is 4.05. The molecule has 0 saturated heterocycles. The number of hydrogen-bond acceptors (Lipinski definition) is 5. The third-order valence-corrected chi connectivity index (χ3v) is 18.0. The molecule has 1 unspecified atom stereocenters. The van der Waals surface area contributed by atoms with Crippen LogP contribution in [0.3, 0.4) is 0 Å². The molecule has 0 bridgehead atoms. The van der Waals surface area contributed by atoms with Crippen molar-refractivity contribution in [2.45, 2.75) is 65.3 Å². The number of rotatable bonds is 13. The molecular formula is C19H38O5Si4. The van der Waals surface area contributed by atoms with Crippen LogP contribution >= 0.6 is 0 Å². The molecule has 0 radical (unpaired) electrons. The van der Waals surface area contributed by atoms with E-state index in [1.165, 1.54) is 0 Å². The Morgan fingerprint density at radius 2 is 1.18 bits per heavy atom. The molecule has 0 heterocycles. The van der Waals surface area contributed by atoms with Gasteiger partial charge in [-0.05, 0) is 52.6 Å². The molecule has 5 nitrogen and oxygen atoms in total. The number of esters is 1. The Labute approximate surface area is 175 Å². The van der Waals surface area contributed by atoms with Crippen LogP contribution in [0.5, 0.6) is 0 Å². The summed E-state index contributed by atoms with van der Waals surface area (Å²) < 4.78 is 25.8. The average Bonchev–Trinajstić information content (AvgIpc) is 2.57. The highest BCUT2D eigenvalue weighted by Gasteiger charge is 2.58. The fraction of sp³-hybridized carbons (Fsp3) is 0.526. The minimum Gasteiger partial charge on any atom is -0.455 e. The number of carbonyl (C=O) groups is 1. The predicted octanol–water partition coefficient (Wildman–Crippen LogP) is 5.20. The molecular weight excluding hydrogens is 421 g/mol. The number of carbonyl (C=O) groups excluding carboxylic acids is 1. The summed E-state index contributed by atoms with van der Waals surface area (Å²) in [5, 5.41) is 0. The maximum absolute atomic E-state index is 12.4. The standard InChI is InChI=1S/C19H38O5Si4/c1-13-18(21-19(20)17(5)6)28(22-25(7,8)14-2,23-26(9,10)15-3)24-27(11,12)16-4/h14-16,18H,2-5,13H2,1,6-12H3. The molecule has 1 atom stereocenters. The SMILES string of the molecule is C=C[Si](C)(C)O[Si](O[Si](C)(C)C=C)(O[Si](C)(C)C=C)C(CC)OC(=O)C(=C)C. The van der Waals surface area contributed by atoms with Gasteiger partial charge in [0.15, 0.2) is 5.73 Å². The van der Waals surface area contributed by atoms with E-state index in [-0.39, 0.29) is 0 Å². The average molecular weight is 459 g/mol. The Hall–Kier alpha value is -0.822. The third kappa shape index (κ3) is 8.27. The van der Waals surface area contributed by atoms with Gasteiger partial charge >= 0.3 is 14.8 Å². The van der Waals surface area contributed by atoms with Gasteiger partial charge in [0, 0.05) is 5.57 Å². The van der Waals surface area contributed by atoms with Crippen LogP contribution in [0, 0.1) is 0 Å². The van der Waals surface area contributed by atoms with E-state index in [0.29, 0.717) is 12.0 Å². The summed E-state index contributed by atoms with van der Waals surface area (Å²) in [4.78, 5) is 12.4. The normalized spacial score (nSPS) is 14.1. The van der Waals surface area contributed by atoms with Crippen molar-refractivity contribution < 1.29 is 21.9 Å². The fourth-order valence-corrected chi connectivity index (χ4v) is 15.9. The van der Waals surface area contributed by atoms with Crippen molar-refractivity contribution in [3.05, 3.63) is 49.0 Å². The smallest absolute Gasteiger partial charge is 0.455 e. The first-order valence-corrected chi connectivity index (χ1v) is 20.2. The van der Waals surface area contributed by atoms with Gasteiger partial charge in [-0.25, -0.2) is 4.79 Å². The van der Waals surface area contributed by atoms with Crippen molar-refractivity contribution in [2.75, 3.05) is 0 Å². The quantitative estimate of drug-likeness (QED) is 0.216. The molecule has 0 saturated carbocycles. The molecule has 0 aromatic rings. The highest BCUT2D eigenvalue weighted by Crippen LogP contribution is 2.32. The monoisotopic (exact) mass is 458 g/mol. The van der Waals surface area contributed by atoms with Crippen LogP contribution in [0.4, 0.5) is 0 Å². The lowest BCUT2D eigenvalue weighted by Crippen LogP contribution is -2.68. The van der Waals surface area contributed by atoms with Gasteiger partial charge < -0.3 is 17.1 Å². The largest absolute Gasteiger partial charge is 0.513 e. The summed E-state index contributed by atoms with van der Waals surface area (Å²) in [6, 6.07) is 0. The topological polar surface area (TPSA) is 54.0 Å². The van der Waals surface area contributed by atoms with Gasteiger partial charge in [0.1, 0.15) is 0 Å². The fourth-order valence-electron chi connectivity index (χ4n) is 2.12. The molecule has 9 heteroatoms. The first-order chi connectivity index (χ1) is 12.6. The molecule has 0 aromatic heterocycles. The lowest BCUT2D eigenvalue weighted by atomic mass is 10.4.